The summed E-state index contributed by atoms with van der Waals surface area (Å²) >= 11 is 3.07. The SMILES string of the molecule is CCCc1nc(CSc2nnc(-c3ccc(OC(F)F)cc3)o2)cs1. The number of ether oxygens (including phenoxy) is 1. The Morgan fingerprint density at radius 2 is 2.04 bits per heavy atom. The van der Waals surface area contributed by atoms with Gasteiger partial charge in [-0.2, -0.15) is 8.78 Å². The van der Waals surface area contributed by atoms with Gasteiger partial charge in [-0.1, -0.05) is 18.7 Å². The fraction of sp³-hybridized carbons (Fsp3) is 0.312. The van der Waals surface area contributed by atoms with Crippen LogP contribution < -0.4 is 4.74 Å². The maximum absolute atomic E-state index is 12.1. The number of halogens is 2. The number of hydrogen-bond acceptors (Lipinski definition) is 7. The number of alkyl halides is 2. The number of hydrogen-bond donors (Lipinski definition) is 0. The van der Waals surface area contributed by atoms with E-state index in [0.29, 0.717) is 22.4 Å². The minimum absolute atomic E-state index is 0.0827. The lowest BCUT2D eigenvalue weighted by Crippen LogP contribution is -2.01. The van der Waals surface area contributed by atoms with Crippen LogP contribution in [0.1, 0.15) is 24.0 Å². The molecule has 0 saturated carbocycles. The Bertz CT molecular complexity index is 806. The van der Waals surface area contributed by atoms with Crippen molar-refractivity contribution in [3.8, 4) is 17.2 Å². The van der Waals surface area contributed by atoms with E-state index in [0.717, 1.165) is 23.5 Å². The lowest BCUT2D eigenvalue weighted by molar-refractivity contribution is -0.0498. The molecule has 2 heterocycles. The molecule has 0 N–H and O–H groups in total. The van der Waals surface area contributed by atoms with Gasteiger partial charge in [-0.3, -0.25) is 0 Å². The molecule has 3 aromatic rings. The first kappa shape index (κ1) is 17.8. The van der Waals surface area contributed by atoms with Gasteiger partial charge in [0, 0.05) is 16.7 Å². The standard InChI is InChI=1S/C16H15F2N3O2S2/c1-2-3-13-19-11(8-24-13)9-25-16-21-20-14(23-16)10-4-6-12(7-5-10)22-15(17)18/h4-8,15H,2-3,9H2,1H3. The van der Waals surface area contributed by atoms with Crippen molar-refractivity contribution in [2.75, 3.05) is 0 Å². The summed E-state index contributed by atoms with van der Waals surface area (Å²) in [6, 6.07) is 6.06. The van der Waals surface area contributed by atoms with Crippen LogP contribution in [0.15, 0.2) is 39.3 Å². The molecular formula is C16H15F2N3O2S2. The molecule has 5 nitrogen and oxygen atoms in total. The molecule has 0 aliphatic rings. The van der Waals surface area contributed by atoms with Crippen LogP contribution in [0.5, 0.6) is 5.75 Å². The molecule has 2 aromatic heterocycles. The highest BCUT2D eigenvalue weighted by Gasteiger charge is 2.11. The van der Waals surface area contributed by atoms with E-state index in [1.807, 2.05) is 5.38 Å². The van der Waals surface area contributed by atoms with Gasteiger partial charge >= 0.3 is 6.61 Å². The van der Waals surface area contributed by atoms with Gasteiger partial charge in [-0.05, 0) is 37.1 Å². The molecule has 1 aromatic carbocycles. The molecule has 0 aliphatic carbocycles. The average molecular weight is 383 g/mol. The zero-order valence-electron chi connectivity index (χ0n) is 13.3. The Balaban J connectivity index is 1.59. The quantitative estimate of drug-likeness (QED) is 0.508. The molecule has 0 fully saturated rings. The maximum Gasteiger partial charge on any atom is 0.387 e. The van der Waals surface area contributed by atoms with E-state index in [9.17, 15) is 8.78 Å². The van der Waals surface area contributed by atoms with Crippen LogP contribution in [0.2, 0.25) is 0 Å². The smallest absolute Gasteiger partial charge is 0.387 e. The van der Waals surface area contributed by atoms with E-state index in [1.165, 1.54) is 23.9 Å². The Kier molecular flexibility index (Phi) is 5.98. The van der Waals surface area contributed by atoms with Gasteiger partial charge in [0.1, 0.15) is 5.75 Å². The average Bonchev–Trinajstić information content (AvgIpc) is 3.23. The van der Waals surface area contributed by atoms with E-state index < -0.39 is 6.61 Å². The van der Waals surface area contributed by atoms with Crippen molar-refractivity contribution in [2.24, 2.45) is 0 Å². The summed E-state index contributed by atoms with van der Waals surface area (Å²) in [4.78, 5) is 4.55. The lowest BCUT2D eigenvalue weighted by Gasteiger charge is -2.03. The summed E-state index contributed by atoms with van der Waals surface area (Å²) < 4.78 is 34.2. The van der Waals surface area contributed by atoms with Crippen LogP contribution in [0.3, 0.4) is 0 Å². The van der Waals surface area contributed by atoms with Crippen molar-refractivity contribution in [1.29, 1.82) is 0 Å². The molecular weight excluding hydrogens is 368 g/mol. The van der Waals surface area contributed by atoms with Gasteiger partial charge < -0.3 is 9.15 Å². The molecule has 0 saturated heterocycles. The first-order valence-electron chi connectivity index (χ1n) is 7.59. The number of aromatic nitrogens is 3. The van der Waals surface area contributed by atoms with E-state index in [1.54, 1.807) is 23.5 Å². The van der Waals surface area contributed by atoms with Crippen LogP contribution >= 0.6 is 23.1 Å². The number of thiazole rings is 1. The van der Waals surface area contributed by atoms with Crippen molar-refractivity contribution in [3.05, 3.63) is 40.3 Å². The van der Waals surface area contributed by atoms with Crippen LogP contribution in [0.4, 0.5) is 8.78 Å². The molecule has 132 valence electrons. The molecule has 0 amide bonds. The fourth-order valence-corrected chi connectivity index (χ4v) is 3.70. The van der Waals surface area contributed by atoms with Crippen molar-refractivity contribution in [1.82, 2.24) is 15.2 Å². The highest BCUT2D eigenvalue weighted by atomic mass is 32.2. The lowest BCUT2D eigenvalue weighted by atomic mass is 10.2. The van der Waals surface area contributed by atoms with Gasteiger partial charge in [0.25, 0.3) is 5.22 Å². The summed E-state index contributed by atoms with van der Waals surface area (Å²) in [7, 11) is 0. The predicted molar refractivity (Wildman–Crippen MR) is 92.0 cm³/mol. The van der Waals surface area contributed by atoms with Crippen LogP contribution in [-0.4, -0.2) is 21.8 Å². The minimum atomic E-state index is -2.85. The van der Waals surface area contributed by atoms with Crippen LogP contribution in [-0.2, 0) is 12.2 Å². The summed E-state index contributed by atoms with van der Waals surface area (Å²) in [6.45, 7) is -0.720. The fourth-order valence-electron chi connectivity index (χ4n) is 2.04. The third-order valence-electron chi connectivity index (χ3n) is 3.14. The zero-order valence-corrected chi connectivity index (χ0v) is 14.9. The second kappa shape index (κ2) is 8.39. The number of aryl methyl sites for hydroxylation is 1. The van der Waals surface area contributed by atoms with Gasteiger partial charge in [0.15, 0.2) is 0 Å². The number of benzene rings is 1. The Morgan fingerprint density at radius 3 is 2.76 bits per heavy atom. The largest absolute Gasteiger partial charge is 0.435 e. The maximum atomic E-state index is 12.1. The highest BCUT2D eigenvalue weighted by molar-refractivity contribution is 7.98. The molecule has 0 unspecified atom stereocenters. The Morgan fingerprint density at radius 1 is 1.24 bits per heavy atom. The predicted octanol–water partition coefficient (Wildman–Crippen LogP) is 5.04. The highest BCUT2D eigenvalue weighted by Crippen LogP contribution is 2.27. The Hall–Kier alpha value is -2.00. The normalized spacial score (nSPS) is 11.2. The summed E-state index contributed by atoms with van der Waals surface area (Å²) in [5.74, 6) is 1.07. The molecule has 3 rings (SSSR count). The molecule has 0 aliphatic heterocycles. The van der Waals surface area contributed by atoms with Crippen molar-refractivity contribution < 1.29 is 17.9 Å². The molecule has 0 radical (unpaired) electrons. The summed E-state index contributed by atoms with van der Waals surface area (Å²) in [5.41, 5.74) is 1.63. The van der Waals surface area contributed by atoms with Crippen LogP contribution in [0.25, 0.3) is 11.5 Å². The second-order valence-corrected chi connectivity index (χ2v) is 6.92. The first-order valence-corrected chi connectivity index (χ1v) is 9.45. The van der Waals surface area contributed by atoms with Crippen LogP contribution in [0, 0.1) is 0 Å². The van der Waals surface area contributed by atoms with Gasteiger partial charge in [-0.15, -0.1) is 21.5 Å². The van der Waals surface area contributed by atoms with Crippen molar-refractivity contribution in [2.45, 2.75) is 37.4 Å². The van der Waals surface area contributed by atoms with Crippen molar-refractivity contribution in [3.63, 3.8) is 0 Å². The van der Waals surface area contributed by atoms with E-state index in [2.05, 4.69) is 26.8 Å². The number of thioether (sulfide) groups is 1. The second-order valence-electron chi connectivity index (χ2n) is 5.05. The molecule has 25 heavy (non-hydrogen) atoms. The summed E-state index contributed by atoms with van der Waals surface area (Å²) in [6.07, 6.45) is 2.07. The number of rotatable bonds is 8. The third kappa shape index (κ3) is 4.99. The minimum Gasteiger partial charge on any atom is -0.435 e. The third-order valence-corrected chi connectivity index (χ3v) is 4.95. The summed E-state index contributed by atoms with van der Waals surface area (Å²) in [5, 5.41) is 11.6. The van der Waals surface area contributed by atoms with E-state index >= 15 is 0 Å². The number of nitrogens with zero attached hydrogens (tertiary/aromatic N) is 3. The van der Waals surface area contributed by atoms with E-state index in [-0.39, 0.29) is 5.75 Å². The van der Waals surface area contributed by atoms with Gasteiger partial charge in [-0.25, -0.2) is 4.98 Å². The monoisotopic (exact) mass is 383 g/mol. The Labute approximate surface area is 151 Å². The van der Waals surface area contributed by atoms with Gasteiger partial charge in [0.05, 0.1) is 10.7 Å². The molecule has 0 atom stereocenters. The first-order chi connectivity index (χ1) is 12.1. The topological polar surface area (TPSA) is 61.0 Å². The molecule has 0 bridgehead atoms. The van der Waals surface area contributed by atoms with Crippen molar-refractivity contribution >= 4 is 23.1 Å². The molecule has 9 heteroatoms. The molecule has 0 spiro atoms. The zero-order chi connectivity index (χ0) is 17.6. The van der Waals surface area contributed by atoms with E-state index in [4.69, 9.17) is 4.42 Å². The van der Waals surface area contributed by atoms with Gasteiger partial charge in [0.2, 0.25) is 5.89 Å².